The van der Waals surface area contributed by atoms with E-state index in [1.165, 1.54) is 51.4 Å². The van der Waals surface area contributed by atoms with Crippen molar-refractivity contribution in [3.8, 4) is 0 Å². The van der Waals surface area contributed by atoms with E-state index in [0.29, 0.717) is 32.1 Å². The van der Waals surface area contributed by atoms with Gasteiger partial charge in [0.1, 0.15) is 18.8 Å². The maximum Gasteiger partial charge on any atom is 0.335 e. The van der Waals surface area contributed by atoms with E-state index < -0.39 is 73.9 Å². The first-order chi connectivity index (χ1) is 39.6. The van der Waals surface area contributed by atoms with Crippen LogP contribution in [-0.2, 0) is 42.9 Å². The Bertz CT molecular complexity index is 1960. The number of ether oxygens (including phenoxy) is 5. The molecule has 1 saturated heterocycles. The van der Waals surface area contributed by atoms with Crippen molar-refractivity contribution >= 4 is 23.9 Å². The fourth-order valence-electron chi connectivity index (χ4n) is 8.30. The van der Waals surface area contributed by atoms with Gasteiger partial charge in [0.2, 0.25) is 0 Å². The van der Waals surface area contributed by atoms with E-state index in [4.69, 9.17) is 23.7 Å². The van der Waals surface area contributed by atoms with Gasteiger partial charge in [-0.25, -0.2) is 4.79 Å². The highest BCUT2D eigenvalue weighted by Crippen LogP contribution is 2.26. The Kier molecular flexibility index (Phi) is 50.1. The van der Waals surface area contributed by atoms with Gasteiger partial charge in [0.25, 0.3) is 0 Å². The number of aliphatic hydroxyl groups is 2. The molecule has 0 amide bonds. The summed E-state index contributed by atoms with van der Waals surface area (Å²) in [5.74, 6) is -3.36. The van der Waals surface area contributed by atoms with Crippen molar-refractivity contribution in [2.75, 3.05) is 13.2 Å². The summed E-state index contributed by atoms with van der Waals surface area (Å²) in [6.45, 7) is 5.62. The van der Waals surface area contributed by atoms with Gasteiger partial charge in [0.05, 0.1) is 6.61 Å². The zero-order valence-corrected chi connectivity index (χ0v) is 50.0. The Balaban J connectivity index is 2.79. The second-order valence-electron chi connectivity index (χ2n) is 20.2. The molecule has 1 fully saturated rings. The first-order valence-electron chi connectivity index (χ1n) is 30.8. The Morgan fingerprint density at radius 3 is 1.16 bits per heavy atom. The van der Waals surface area contributed by atoms with Crippen LogP contribution in [0.15, 0.2) is 146 Å². The molecule has 0 aromatic rings. The molecule has 0 saturated carbocycles. The second-order valence-corrected chi connectivity index (χ2v) is 20.2. The zero-order valence-electron chi connectivity index (χ0n) is 50.0. The number of carboxylic acid groups (broad SMARTS) is 1. The van der Waals surface area contributed by atoms with Crippen LogP contribution < -0.4 is 0 Å². The molecule has 0 aromatic carbocycles. The van der Waals surface area contributed by atoms with Crippen molar-refractivity contribution in [1.82, 2.24) is 0 Å². The van der Waals surface area contributed by atoms with Gasteiger partial charge < -0.3 is 39.0 Å². The van der Waals surface area contributed by atoms with E-state index in [0.717, 1.165) is 89.9 Å². The number of carboxylic acids is 1. The topological polar surface area (TPSA) is 175 Å². The van der Waals surface area contributed by atoms with Crippen molar-refractivity contribution in [2.24, 2.45) is 0 Å². The first kappa shape index (κ1) is 73.6. The van der Waals surface area contributed by atoms with Crippen LogP contribution in [0.1, 0.15) is 213 Å². The van der Waals surface area contributed by atoms with Gasteiger partial charge in [0.15, 0.2) is 24.6 Å². The van der Waals surface area contributed by atoms with Gasteiger partial charge in [-0.3, -0.25) is 14.4 Å². The molecule has 0 spiro atoms. The smallest absolute Gasteiger partial charge is 0.335 e. The number of esters is 3. The standard InChI is InChI=1S/C69H106O12/c1-4-7-10-13-16-19-22-25-27-29-31-33-35-38-40-43-46-49-52-55-61(70)77-58-60(79-62(71)56-53-50-47-44-42-39-36-34-32-30-28-26-23-20-17-14-11-8-5-2)59-78-69-67(65(74)64(73)66(81-69)68(75)76)80-63(72)57-54-51-48-45-41-37-24-21-18-15-12-9-6-3/h7-8,10-11,16-17,19-20,25-28,31-34,38-40,42,46-47,49-50,60,64-67,69,73-74H,4-6,9,12-15,18,21-24,29-30,35-37,41,43-45,48,51-59H2,1-3H3,(H,75,76)/b10-7-,11-8-,19-16-,20-17-,27-25-,28-26-,33-31-,34-32-,40-38-,42-39-,49-46-,50-47-. The highest BCUT2D eigenvalue weighted by atomic mass is 16.7. The van der Waals surface area contributed by atoms with Crippen LogP contribution in [0.4, 0.5) is 0 Å². The highest BCUT2D eigenvalue weighted by Gasteiger charge is 2.50. The van der Waals surface area contributed by atoms with E-state index in [1.807, 2.05) is 24.3 Å². The summed E-state index contributed by atoms with van der Waals surface area (Å²) in [4.78, 5) is 51.2. The van der Waals surface area contributed by atoms with Crippen molar-refractivity contribution in [3.05, 3.63) is 146 Å². The van der Waals surface area contributed by atoms with Crippen LogP contribution in [0, 0.1) is 0 Å². The van der Waals surface area contributed by atoms with E-state index in [1.54, 1.807) is 0 Å². The molecule has 0 aromatic heterocycles. The molecule has 1 heterocycles. The number of carbonyl (C=O) groups is 4. The fraction of sp³-hybridized carbons (Fsp3) is 0.594. The van der Waals surface area contributed by atoms with E-state index >= 15 is 0 Å². The predicted octanol–water partition coefficient (Wildman–Crippen LogP) is 16.3. The van der Waals surface area contributed by atoms with Crippen molar-refractivity contribution < 1.29 is 58.2 Å². The molecule has 454 valence electrons. The maximum absolute atomic E-state index is 13.1. The lowest BCUT2D eigenvalue weighted by atomic mass is 9.98. The summed E-state index contributed by atoms with van der Waals surface area (Å²) in [6.07, 6.45) is 67.0. The number of aliphatic carboxylic acids is 1. The van der Waals surface area contributed by atoms with Crippen LogP contribution in [0.25, 0.3) is 0 Å². The first-order valence-corrected chi connectivity index (χ1v) is 30.8. The number of hydrogen-bond acceptors (Lipinski definition) is 11. The van der Waals surface area contributed by atoms with Crippen molar-refractivity contribution in [3.63, 3.8) is 0 Å². The number of unbranched alkanes of at least 4 members (excludes halogenated alkanes) is 12. The average Bonchev–Trinajstić information content (AvgIpc) is 3.46. The molecule has 0 aliphatic carbocycles. The Morgan fingerprint density at radius 1 is 0.420 bits per heavy atom. The molecular weight excluding hydrogens is 1020 g/mol. The van der Waals surface area contributed by atoms with Gasteiger partial charge in [-0.2, -0.15) is 0 Å². The third kappa shape index (κ3) is 44.9. The summed E-state index contributed by atoms with van der Waals surface area (Å²) >= 11 is 0. The predicted molar refractivity (Wildman–Crippen MR) is 330 cm³/mol. The quantitative estimate of drug-likeness (QED) is 0.0228. The monoisotopic (exact) mass is 1130 g/mol. The van der Waals surface area contributed by atoms with E-state index in [-0.39, 0.29) is 19.3 Å². The van der Waals surface area contributed by atoms with Crippen LogP contribution in [0.2, 0.25) is 0 Å². The highest BCUT2D eigenvalue weighted by molar-refractivity contribution is 5.74. The molecule has 0 radical (unpaired) electrons. The number of hydrogen-bond donors (Lipinski definition) is 3. The molecule has 1 rings (SSSR count). The summed E-state index contributed by atoms with van der Waals surface area (Å²) in [5.41, 5.74) is 0. The van der Waals surface area contributed by atoms with Gasteiger partial charge in [-0.1, -0.05) is 244 Å². The van der Waals surface area contributed by atoms with E-state index in [9.17, 15) is 34.5 Å². The number of carbonyl (C=O) groups excluding carboxylic acids is 3. The van der Waals surface area contributed by atoms with Crippen LogP contribution >= 0.6 is 0 Å². The lowest BCUT2D eigenvalue weighted by molar-refractivity contribution is -0.301. The van der Waals surface area contributed by atoms with E-state index in [2.05, 4.69) is 142 Å². The summed E-state index contributed by atoms with van der Waals surface area (Å²) < 4.78 is 28.3. The Morgan fingerprint density at radius 2 is 0.778 bits per heavy atom. The minimum Gasteiger partial charge on any atom is -0.479 e. The third-order valence-corrected chi connectivity index (χ3v) is 12.9. The van der Waals surface area contributed by atoms with Crippen LogP contribution in [-0.4, -0.2) is 89.2 Å². The molecule has 12 nitrogen and oxygen atoms in total. The number of allylic oxidation sites excluding steroid dienone is 24. The Labute approximate surface area is 489 Å². The normalized spacial score (nSPS) is 18.8. The molecule has 1 aliphatic rings. The molecule has 1 aliphatic heterocycles. The lowest BCUT2D eigenvalue weighted by Crippen LogP contribution is -2.61. The van der Waals surface area contributed by atoms with Gasteiger partial charge in [0, 0.05) is 19.3 Å². The van der Waals surface area contributed by atoms with Crippen molar-refractivity contribution in [2.45, 2.75) is 250 Å². The summed E-state index contributed by atoms with van der Waals surface area (Å²) in [5, 5.41) is 31.5. The maximum atomic E-state index is 13.1. The molecule has 0 bridgehead atoms. The van der Waals surface area contributed by atoms with Gasteiger partial charge in [-0.15, -0.1) is 0 Å². The number of aliphatic hydroxyl groups excluding tert-OH is 2. The number of rotatable bonds is 50. The fourth-order valence-corrected chi connectivity index (χ4v) is 8.30. The molecular formula is C69H106O12. The molecule has 81 heavy (non-hydrogen) atoms. The average molecular weight is 1130 g/mol. The third-order valence-electron chi connectivity index (χ3n) is 12.9. The van der Waals surface area contributed by atoms with Crippen LogP contribution in [0.5, 0.6) is 0 Å². The molecule has 12 heteroatoms. The lowest BCUT2D eigenvalue weighted by Gasteiger charge is -2.40. The molecule has 6 atom stereocenters. The van der Waals surface area contributed by atoms with Gasteiger partial charge in [-0.05, 0) is 96.3 Å². The molecule has 6 unspecified atom stereocenters. The SMILES string of the molecule is CC/C=C\C/C=C\C/C=C\C/C=C\C/C=C\C/C=C\CCC(=O)OCC(COC1OC(C(=O)O)C(O)C(O)C1OC(=O)CCCCCCCCCCCCCCC)OC(=O)CC/C=C\C/C=C\C/C=C\C/C=C\C/C=C\C/C=C\CC. The minimum atomic E-state index is -1.93. The summed E-state index contributed by atoms with van der Waals surface area (Å²) in [7, 11) is 0. The Hall–Kier alpha value is -5.40. The summed E-state index contributed by atoms with van der Waals surface area (Å²) in [6, 6.07) is 0. The van der Waals surface area contributed by atoms with Crippen molar-refractivity contribution in [1.29, 1.82) is 0 Å². The van der Waals surface area contributed by atoms with Gasteiger partial charge >= 0.3 is 23.9 Å². The molecule has 3 N–H and O–H groups in total. The largest absolute Gasteiger partial charge is 0.479 e. The second kappa shape index (κ2) is 55.2. The van der Waals surface area contributed by atoms with Crippen LogP contribution in [0.3, 0.4) is 0 Å². The minimum absolute atomic E-state index is 0.0145. The zero-order chi connectivity index (χ0) is 58.9.